The van der Waals surface area contributed by atoms with Gasteiger partial charge in [0, 0.05) is 23.9 Å². The average molecular weight is 350 g/mol. The molecule has 3 N–H and O–H groups in total. The van der Waals surface area contributed by atoms with Gasteiger partial charge in [-0.3, -0.25) is 0 Å². The van der Waals surface area contributed by atoms with E-state index in [2.05, 4.69) is 15.3 Å². The first-order valence-electron chi connectivity index (χ1n) is 8.31. The number of nitrogens with two attached hydrogens (primary N) is 1. The number of hydrogen-bond acceptors (Lipinski definition) is 4. The van der Waals surface area contributed by atoms with Crippen molar-refractivity contribution in [3.8, 4) is 11.5 Å². The van der Waals surface area contributed by atoms with Gasteiger partial charge in [-0.05, 0) is 25.1 Å². The molecule has 134 valence electrons. The van der Waals surface area contributed by atoms with E-state index in [0.29, 0.717) is 25.0 Å². The first kappa shape index (κ1) is 17.7. The highest BCUT2D eigenvalue weighted by atomic mass is 16.5. The van der Waals surface area contributed by atoms with Crippen LogP contribution >= 0.6 is 0 Å². The zero-order chi connectivity index (χ0) is 18.4. The van der Waals surface area contributed by atoms with E-state index in [1.807, 2.05) is 55.5 Å². The van der Waals surface area contributed by atoms with Gasteiger partial charge in [0.05, 0.1) is 13.2 Å². The van der Waals surface area contributed by atoms with Crippen LogP contribution in [0.5, 0.6) is 0 Å². The van der Waals surface area contributed by atoms with Crippen molar-refractivity contribution in [1.82, 2.24) is 4.98 Å². The van der Waals surface area contributed by atoms with E-state index in [9.17, 15) is 0 Å². The van der Waals surface area contributed by atoms with Gasteiger partial charge in [-0.2, -0.15) is 0 Å². The van der Waals surface area contributed by atoms with Crippen LogP contribution in [0.4, 0.5) is 5.69 Å². The predicted octanol–water partition coefficient (Wildman–Crippen LogP) is 3.72. The maximum absolute atomic E-state index is 5.99. The largest absolute Gasteiger partial charge is 0.444 e. The van der Waals surface area contributed by atoms with Crippen LogP contribution in [0.2, 0.25) is 0 Å². The molecule has 6 heteroatoms. The fourth-order valence-electron chi connectivity index (χ4n) is 2.48. The van der Waals surface area contributed by atoms with Crippen LogP contribution in [0.25, 0.3) is 11.5 Å². The molecule has 0 aliphatic carbocycles. The van der Waals surface area contributed by atoms with Gasteiger partial charge in [0.1, 0.15) is 12.0 Å². The molecule has 1 aromatic heterocycles. The van der Waals surface area contributed by atoms with Crippen molar-refractivity contribution in [3.05, 3.63) is 71.6 Å². The minimum absolute atomic E-state index is 0.313. The summed E-state index contributed by atoms with van der Waals surface area (Å²) in [6.45, 7) is 2.88. The smallest absolute Gasteiger partial charge is 0.226 e. The number of methoxy groups -OCH3 is 1. The number of nitrogens with one attached hydrogen (secondary N) is 1. The van der Waals surface area contributed by atoms with E-state index in [-0.39, 0.29) is 0 Å². The lowest BCUT2D eigenvalue weighted by Crippen LogP contribution is -2.23. The molecule has 0 spiro atoms. The number of ether oxygens (including phenoxy) is 1. The van der Waals surface area contributed by atoms with Crippen molar-refractivity contribution in [3.63, 3.8) is 0 Å². The fourth-order valence-corrected chi connectivity index (χ4v) is 2.48. The molecule has 1 heterocycles. The molecule has 26 heavy (non-hydrogen) atoms. The second-order valence-corrected chi connectivity index (χ2v) is 5.93. The third-order valence-corrected chi connectivity index (χ3v) is 3.84. The Labute approximate surface area is 152 Å². The highest BCUT2D eigenvalue weighted by Crippen LogP contribution is 2.19. The zero-order valence-corrected chi connectivity index (χ0v) is 14.9. The van der Waals surface area contributed by atoms with Gasteiger partial charge in [0.25, 0.3) is 0 Å². The number of oxazole rings is 1. The van der Waals surface area contributed by atoms with Crippen LogP contribution in [-0.4, -0.2) is 18.1 Å². The summed E-state index contributed by atoms with van der Waals surface area (Å²) < 4.78 is 10.7. The van der Waals surface area contributed by atoms with Gasteiger partial charge in [-0.15, -0.1) is 0 Å². The van der Waals surface area contributed by atoms with Crippen molar-refractivity contribution in [2.24, 2.45) is 10.7 Å². The molecule has 2 aromatic carbocycles. The molecule has 0 radical (unpaired) electrons. The molecule has 3 aromatic rings. The van der Waals surface area contributed by atoms with Crippen LogP contribution in [0.3, 0.4) is 0 Å². The summed E-state index contributed by atoms with van der Waals surface area (Å²) in [5.41, 5.74) is 10.7. The summed E-state index contributed by atoms with van der Waals surface area (Å²) in [5, 5.41) is 3.10. The predicted molar refractivity (Wildman–Crippen MR) is 103 cm³/mol. The highest BCUT2D eigenvalue weighted by Gasteiger charge is 2.07. The number of guanidine groups is 1. The number of hydrogen-bond donors (Lipinski definition) is 2. The summed E-state index contributed by atoms with van der Waals surface area (Å²) in [7, 11) is 1.66. The summed E-state index contributed by atoms with van der Waals surface area (Å²) >= 11 is 0. The normalized spacial score (nSPS) is 11.5. The van der Waals surface area contributed by atoms with Crippen LogP contribution in [0.15, 0.2) is 64.2 Å². The zero-order valence-electron chi connectivity index (χ0n) is 14.9. The van der Waals surface area contributed by atoms with E-state index in [1.165, 1.54) is 5.56 Å². The molecule has 0 saturated heterocycles. The van der Waals surface area contributed by atoms with Crippen LogP contribution < -0.4 is 11.1 Å². The molecule has 0 amide bonds. The Kier molecular flexibility index (Phi) is 5.66. The maximum atomic E-state index is 5.99. The Morgan fingerprint density at radius 3 is 2.73 bits per heavy atom. The van der Waals surface area contributed by atoms with E-state index >= 15 is 0 Å². The Morgan fingerprint density at radius 1 is 1.19 bits per heavy atom. The molecule has 0 unspecified atom stereocenters. The Balaban J connectivity index is 1.65. The summed E-state index contributed by atoms with van der Waals surface area (Å²) in [5.74, 6) is 0.889. The number of anilines is 1. The van der Waals surface area contributed by atoms with E-state index in [4.69, 9.17) is 14.9 Å². The summed E-state index contributed by atoms with van der Waals surface area (Å²) in [6.07, 6.45) is 1.60. The van der Waals surface area contributed by atoms with Crippen LogP contribution in [0.1, 0.15) is 16.8 Å². The molecule has 0 aliphatic heterocycles. The van der Waals surface area contributed by atoms with Crippen molar-refractivity contribution in [2.75, 3.05) is 12.4 Å². The third kappa shape index (κ3) is 4.49. The molecular formula is C20H22N4O2. The summed E-state index contributed by atoms with van der Waals surface area (Å²) in [4.78, 5) is 8.79. The van der Waals surface area contributed by atoms with Gasteiger partial charge in [-0.1, -0.05) is 35.9 Å². The molecule has 0 fully saturated rings. The topological polar surface area (TPSA) is 85.7 Å². The maximum Gasteiger partial charge on any atom is 0.226 e. The first-order chi connectivity index (χ1) is 12.7. The van der Waals surface area contributed by atoms with Crippen molar-refractivity contribution < 1.29 is 9.15 Å². The number of aliphatic imine (C=N–C) groups is 1. The van der Waals surface area contributed by atoms with Gasteiger partial charge in [-0.25, -0.2) is 9.98 Å². The lowest BCUT2D eigenvalue weighted by Gasteiger charge is -2.10. The van der Waals surface area contributed by atoms with E-state index in [1.54, 1.807) is 13.4 Å². The monoisotopic (exact) mass is 350 g/mol. The lowest BCUT2D eigenvalue weighted by atomic mass is 10.1. The lowest BCUT2D eigenvalue weighted by molar-refractivity contribution is 0.185. The summed E-state index contributed by atoms with van der Waals surface area (Å²) in [6, 6.07) is 15.8. The minimum Gasteiger partial charge on any atom is -0.444 e. The molecule has 3 rings (SSSR count). The Hall–Kier alpha value is -3.12. The SMILES string of the molecule is COCc1ccccc1NC(N)=NCc1coc(-c2ccc(C)cc2)n1. The molecule has 6 nitrogen and oxygen atoms in total. The van der Waals surface area contributed by atoms with Crippen LogP contribution in [0, 0.1) is 6.92 Å². The van der Waals surface area contributed by atoms with Crippen molar-refractivity contribution in [2.45, 2.75) is 20.1 Å². The van der Waals surface area contributed by atoms with Gasteiger partial charge in [0.2, 0.25) is 5.89 Å². The number of rotatable bonds is 6. The average Bonchev–Trinajstić information content (AvgIpc) is 3.11. The second kappa shape index (κ2) is 8.31. The Bertz CT molecular complexity index is 885. The molecule has 0 atom stereocenters. The van der Waals surface area contributed by atoms with Crippen LogP contribution in [-0.2, 0) is 17.9 Å². The molecule has 0 bridgehead atoms. The first-order valence-corrected chi connectivity index (χ1v) is 8.31. The van der Waals surface area contributed by atoms with Gasteiger partial charge >= 0.3 is 0 Å². The second-order valence-electron chi connectivity index (χ2n) is 5.93. The number of benzene rings is 2. The minimum atomic E-state index is 0.313. The number of aryl methyl sites for hydroxylation is 1. The Morgan fingerprint density at radius 2 is 1.96 bits per heavy atom. The number of para-hydroxylation sites is 1. The van der Waals surface area contributed by atoms with Crippen molar-refractivity contribution in [1.29, 1.82) is 0 Å². The standard InChI is InChI=1S/C20H22N4O2/c1-14-7-9-15(10-8-14)19-23-17(13-26-19)11-22-20(21)24-18-6-4-3-5-16(18)12-25-2/h3-10,13H,11-12H2,1-2H3,(H3,21,22,24). The molecule has 0 saturated carbocycles. The number of nitrogens with zero attached hydrogens (tertiary/aromatic N) is 2. The fraction of sp³-hybridized carbons (Fsp3) is 0.200. The van der Waals surface area contributed by atoms with Crippen molar-refractivity contribution >= 4 is 11.6 Å². The number of aromatic nitrogens is 1. The molecular weight excluding hydrogens is 328 g/mol. The van der Waals surface area contributed by atoms with Gasteiger partial charge < -0.3 is 20.2 Å². The molecule has 0 aliphatic rings. The third-order valence-electron chi connectivity index (χ3n) is 3.84. The van der Waals surface area contributed by atoms with E-state index < -0.39 is 0 Å². The van der Waals surface area contributed by atoms with E-state index in [0.717, 1.165) is 22.5 Å². The van der Waals surface area contributed by atoms with Gasteiger partial charge in [0.15, 0.2) is 5.96 Å². The highest BCUT2D eigenvalue weighted by molar-refractivity contribution is 5.92. The quantitative estimate of drug-likeness (QED) is 0.523.